The summed E-state index contributed by atoms with van der Waals surface area (Å²) in [5.74, 6) is 0. The molecule has 0 aliphatic carbocycles. The summed E-state index contributed by atoms with van der Waals surface area (Å²) >= 11 is 1.77. The molecule has 7 heteroatoms. The van der Waals surface area contributed by atoms with Crippen molar-refractivity contribution in [2.45, 2.75) is 0 Å². The zero-order chi connectivity index (χ0) is 34.7. The van der Waals surface area contributed by atoms with Crippen LogP contribution in [0.5, 0.6) is 0 Å². The maximum Gasteiger partial charge on any atom is 0.155 e. The van der Waals surface area contributed by atoms with Crippen molar-refractivity contribution in [1.29, 1.82) is 15.8 Å². The highest BCUT2D eigenvalue weighted by molar-refractivity contribution is 7.25. The predicted octanol–water partition coefficient (Wildman–Crippen LogP) is 11.8. The molecule has 0 fully saturated rings. The summed E-state index contributed by atoms with van der Waals surface area (Å²) in [5, 5.41) is 37.9. The van der Waals surface area contributed by atoms with Crippen molar-refractivity contribution in [3.8, 4) is 29.6 Å². The van der Waals surface area contributed by atoms with E-state index in [1.54, 1.807) is 17.4 Å². The Hall–Kier alpha value is -7.37. The average molecular weight is 680 g/mol. The number of aromatic nitrogens is 2. The summed E-state index contributed by atoms with van der Waals surface area (Å²) in [4.78, 5) is 0. The number of thiophene rings is 1. The molecule has 0 spiro atoms. The van der Waals surface area contributed by atoms with E-state index in [0.717, 1.165) is 76.5 Å². The highest BCUT2D eigenvalue weighted by Crippen LogP contribution is 2.44. The van der Waals surface area contributed by atoms with Gasteiger partial charge in [0, 0.05) is 58.5 Å². The molecular weight excluding hydrogens is 659 g/mol. The fourth-order valence-corrected chi connectivity index (χ4v) is 9.27. The highest BCUT2D eigenvalue weighted by atomic mass is 32.1. The lowest BCUT2D eigenvalue weighted by Gasteiger charge is -2.10. The molecule has 0 unspecified atom stereocenters. The molecule has 4 heterocycles. The van der Waals surface area contributed by atoms with E-state index in [9.17, 15) is 15.8 Å². The first kappa shape index (κ1) is 28.5. The first-order valence-corrected chi connectivity index (χ1v) is 17.6. The summed E-state index contributed by atoms with van der Waals surface area (Å²) in [7, 11) is 0. The lowest BCUT2D eigenvalue weighted by atomic mass is 10.0. The molecule has 0 saturated heterocycles. The Morgan fingerprint density at radius 1 is 0.462 bits per heavy atom. The molecule has 11 aromatic rings. The largest absolute Gasteiger partial charge is 0.453 e. The fourth-order valence-electron chi connectivity index (χ4n) is 8.20. The van der Waals surface area contributed by atoms with Gasteiger partial charge in [-0.05, 0) is 78.9 Å². The number of rotatable bonds is 2. The summed E-state index contributed by atoms with van der Waals surface area (Å²) in [6, 6.07) is 50.2. The third-order valence-electron chi connectivity index (χ3n) is 10.4. The molecule has 0 bridgehead atoms. The van der Waals surface area contributed by atoms with E-state index in [-0.39, 0.29) is 0 Å². The SMILES string of the molecule is N#Cc1ccc2c(c1)c1ccccc1n2-c1ccc2sc3ccc(-n4c5ccccc5c5cc(C#N)c6oc7c(C#N)cccc7c6c54)cc3c2c1. The van der Waals surface area contributed by atoms with E-state index in [1.807, 2.05) is 54.6 Å². The van der Waals surface area contributed by atoms with Crippen molar-refractivity contribution >= 4 is 97.1 Å². The van der Waals surface area contributed by atoms with Gasteiger partial charge in [0.1, 0.15) is 12.1 Å². The number of hydrogen-bond donors (Lipinski definition) is 0. The van der Waals surface area contributed by atoms with Gasteiger partial charge in [0.25, 0.3) is 0 Å². The van der Waals surface area contributed by atoms with E-state index in [1.165, 1.54) is 9.40 Å². The molecule has 0 aliphatic rings. The third-order valence-corrected chi connectivity index (χ3v) is 11.5. The molecule has 0 radical (unpaired) electrons. The Labute approximate surface area is 299 Å². The fraction of sp³-hybridized carbons (Fsp3) is 0. The zero-order valence-electron chi connectivity index (χ0n) is 27.2. The molecule has 238 valence electrons. The number of para-hydroxylation sites is 3. The van der Waals surface area contributed by atoms with Gasteiger partial charge in [0.2, 0.25) is 0 Å². The lowest BCUT2D eigenvalue weighted by Crippen LogP contribution is -1.95. The smallest absolute Gasteiger partial charge is 0.155 e. The van der Waals surface area contributed by atoms with Crippen LogP contribution in [-0.2, 0) is 0 Å². The van der Waals surface area contributed by atoms with Crippen LogP contribution in [0.25, 0.3) is 97.1 Å². The van der Waals surface area contributed by atoms with Crippen molar-refractivity contribution in [2.75, 3.05) is 0 Å². The van der Waals surface area contributed by atoms with E-state index in [0.29, 0.717) is 27.9 Å². The Bertz CT molecular complexity index is 3520. The lowest BCUT2D eigenvalue weighted by molar-refractivity contribution is 0.666. The first-order chi connectivity index (χ1) is 25.6. The molecule has 0 atom stereocenters. The number of furan rings is 1. The molecule has 0 N–H and O–H groups in total. The Kier molecular flexibility index (Phi) is 5.65. The van der Waals surface area contributed by atoms with Crippen LogP contribution in [0.4, 0.5) is 0 Å². The van der Waals surface area contributed by atoms with Crippen molar-refractivity contribution < 1.29 is 4.42 Å². The number of benzene rings is 7. The molecule has 4 aromatic heterocycles. The Morgan fingerprint density at radius 2 is 1.10 bits per heavy atom. The summed E-state index contributed by atoms with van der Waals surface area (Å²) in [6.45, 7) is 0. The summed E-state index contributed by atoms with van der Waals surface area (Å²) < 4.78 is 13.3. The molecule has 52 heavy (non-hydrogen) atoms. The van der Waals surface area contributed by atoms with Gasteiger partial charge in [-0.1, -0.05) is 48.5 Å². The maximum absolute atomic E-state index is 10.3. The molecule has 0 aliphatic heterocycles. The van der Waals surface area contributed by atoms with Gasteiger partial charge in [0.05, 0.1) is 50.2 Å². The van der Waals surface area contributed by atoms with Crippen LogP contribution in [0.3, 0.4) is 0 Å². The number of nitriles is 3. The van der Waals surface area contributed by atoms with Crippen LogP contribution in [0.2, 0.25) is 0 Å². The Balaban J connectivity index is 1.22. The van der Waals surface area contributed by atoms with Gasteiger partial charge in [-0.15, -0.1) is 11.3 Å². The second-order valence-corrected chi connectivity index (χ2v) is 14.1. The monoisotopic (exact) mass is 679 g/mol. The van der Waals surface area contributed by atoms with Crippen LogP contribution >= 0.6 is 11.3 Å². The van der Waals surface area contributed by atoms with Crippen molar-refractivity contribution in [2.24, 2.45) is 0 Å². The second-order valence-electron chi connectivity index (χ2n) is 13.0. The van der Waals surface area contributed by atoms with E-state index in [4.69, 9.17) is 4.42 Å². The minimum Gasteiger partial charge on any atom is -0.453 e. The number of hydrogen-bond acceptors (Lipinski definition) is 5. The van der Waals surface area contributed by atoms with E-state index >= 15 is 0 Å². The topological polar surface area (TPSA) is 94.4 Å². The van der Waals surface area contributed by atoms with Crippen molar-refractivity contribution in [3.05, 3.63) is 144 Å². The maximum atomic E-state index is 10.3. The molecule has 0 amide bonds. The second kappa shape index (κ2) is 10.3. The van der Waals surface area contributed by atoms with Gasteiger partial charge >= 0.3 is 0 Å². The number of nitrogens with zero attached hydrogens (tertiary/aromatic N) is 5. The van der Waals surface area contributed by atoms with Crippen LogP contribution < -0.4 is 0 Å². The van der Waals surface area contributed by atoms with Crippen LogP contribution in [0.15, 0.2) is 132 Å². The molecule has 7 aromatic carbocycles. The first-order valence-electron chi connectivity index (χ1n) is 16.8. The van der Waals surface area contributed by atoms with Gasteiger partial charge in [0.15, 0.2) is 11.2 Å². The summed E-state index contributed by atoms with van der Waals surface area (Å²) in [6.07, 6.45) is 0. The van der Waals surface area contributed by atoms with Crippen LogP contribution in [-0.4, -0.2) is 9.13 Å². The number of fused-ring (bicyclic) bond motifs is 13. The van der Waals surface area contributed by atoms with Crippen LogP contribution in [0.1, 0.15) is 16.7 Å². The van der Waals surface area contributed by atoms with Gasteiger partial charge < -0.3 is 13.6 Å². The molecule has 0 saturated carbocycles. The quantitative estimate of drug-likeness (QED) is 0.182. The Morgan fingerprint density at radius 3 is 1.81 bits per heavy atom. The van der Waals surface area contributed by atoms with Gasteiger partial charge in [-0.3, -0.25) is 0 Å². The average Bonchev–Trinajstić information content (AvgIpc) is 3.94. The molecular formula is C45H21N5OS. The van der Waals surface area contributed by atoms with Crippen molar-refractivity contribution in [1.82, 2.24) is 9.13 Å². The highest BCUT2D eigenvalue weighted by Gasteiger charge is 2.23. The normalized spacial score (nSPS) is 11.8. The molecule has 6 nitrogen and oxygen atoms in total. The van der Waals surface area contributed by atoms with Crippen LogP contribution in [0, 0.1) is 34.0 Å². The van der Waals surface area contributed by atoms with Gasteiger partial charge in [-0.25, -0.2) is 0 Å². The minimum atomic E-state index is 0.434. The predicted molar refractivity (Wildman–Crippen MR) is 209 cm³/mol. The third kappa shape index (κ3) is 3.68. The van der Waals surface area contributed by atoms with E-state index < -0.39 is 0 Å². The van der Waals surface area contributed by atoms with Crippen molar-refractivity contribution in [3.63, 3.8) is 0 Å². The van der Waals surface area contributed by atoms with E-state index in [2.05, 4.69) is 94.1 Å². The van der Waals surface area contributed by atoms with Gasteiger partial charge in [-0.2, -0.15) is 15.8 Å². The zero-order valence-corrected chi connectivity index (χ0v) is 28.0. The standard InChI is InChI=1S/C45H21N5OS/c46-22-25-12-15-39-33(18-25)30-7-1-3-10-37(30)49(39)28-13-16-40-34(20-28)35-21-29(14-17-41(35)52-40)50-38-11-4-2-8-31(38)36-19-27(24-48)45-42(43(36)50)32-9-5-6-26(23-47)44(32)51-45/h1-21H. The summed E-state index contributed by atoms with van der Waals surface area (Å²) in [5.41, 5.74) is 8.61. The molecule has 11 rings (SSSR count). The minimum absolute atomic E-state index is 0.434.